The Balaban J connectivity index is 2.32. The number of nitrogens with two attached hydrogens (primary N) is 1. The van der Waals surface area contributed by atoms with Crippen molar-refractivity contribution in [2.24, 2.45) is 5.92 Å². The van der Waals surface area contributed by atoms with Gasteiger partial charge >= 0.3 is 0 Å². The second kappa shape index (κ2) is 5.84. The van der Waals surface area contributed by atoms with E-state index >= 15 is 0 Å². The molecule has 1 fully saturated rings. The summed E-state index contributed by atoms with van der Waals surface area (Å²) in [5.74, 6) is 1.92. The van der Waals surface area contributed by atoms with Crippen molar-refractivity contribution in [2.75, 3.05) is 20.0 Å². The van der Waals surface area contributed by atoms with E-state index in [2.05, 4.69) is 16.9 Å². The summed E-state index contributed by atoms with van der Waals surface area (Å²) in [4.78, 5) is 8.97. The molecule has 0 unspecified atom stereocenters. The molecule has 5 nitrogen and oxygen atoms in total. The van der Waals surface area contributed by atoms with Crippen LogP contribution in [0.5, 0.6) is 0 Å². The van der Waals surface area contributed by atoms with Gasteiger partial charge in [0.1, 0.15) is 11.4 Å². The summed E-state index contributed by atoms with van der Waals surface area (Å²) in [6.07, 6.45) is 4.15. The van der Waals surface area contributed by atoms with Gasteiger partial charge in [0, 0.05) is 20.3 Å². The number of methoxy groups -OCH3 is 2. The Labute approximate surface area is 114 Å². The Morgan fingerprint density at radius 3 is 2.58 bits per heavy atom. The first-order valence-electron chi connectivity index (χ1n) is 6.77. The molecule has 5 heteroatoms. The molecule has 1 aromatic heterocycles. The van der Waals surface area contributed by atoms with Crippen LogP contribution in [0, 0.1) is 5.92 Å². The molecule has 1 aliphatic carbocycles. The van der Waals surface area contributed by atoms with Gasteiger partial charge in [-0.05, 0) is 31.6 Å². The summed E-state index contributed by atoms with van der Waals surface area (Å²) in [6, 6.07) is 1.75. The predicted molar refractivity (Wildman–Crippen MR) is 73.5 cm³/mol. The highest BCUT2D eigenvalue weighted by molar-refractivity contribution is 5.31. The molecule has 0 aliphatic heterocycles. The Kier molecular flexibility index (Phi) is 4.37. The van der Waals surface area contributed by atoms with Gasteiger partial charge in [-0.2, -0.15) is 0 Å². The minimum atomic E-state index is -0.385. The third kappa shape index (κ3) is 3.04. The monoisotopic (exact) mass is 265 g/mol. The zero-order valence-corrected chi connectivity index (χ0v) is 12.0. The molecule has 0 aromatic carbocycles. The zero-order valence-electron chi connectivity index (χ0n) is 12.0. The van der Waals surface area contributed by atoms with Crippen molar-refractivity contribution in [2.45, 2.75) is 44.8 Å². The molecule has 1 aliphatic rings. The van der Waals surface area contributed by atoms with Crippen molar-refractivity contribution in [3.05, 3.63) is 17.6 Å². The molecule has 0 radical (unpaired) electrons. The van der Waals surface area contributed by atoms with Crippen LogP contribution in [-0.4, -0.2) is 24.2 Å². The Morgan fingerprint density at radius 1 is 1.32 bits per heavy atom. The summed E-state index contributed by atoms with van der Waals surface area (Å²) < 4.78 is 10.9. The normalized spacial score (nSPS) is 27.4. The number of anilines is 1. The van der Waals surface area contributed by atoms with E-state index in [1.807, 2.05) is 0 Å². The summed E-state index contributed by atoms with van der Waals surface area (Å²) in [5.41, 5.74) is 6.30. The molecule has 19 heavy (non-hydrogen) atoms. The Morgan fingerprint density at radius 2 is 2.00 bits per heavy atom. The van der Waals surface area contributed by atoms with Crippen molar-refractivity contribution in [1.82, 2.24) is 9.97 Å². The quantitative estimate of drug-likeness (QED) is 0.904. The molecule has 106 valence electrons. The van der Waals surface area contributed by atoms with Crippen LogP contribution in [0.15, 0.2) is 6.07 Å². The van der Waals surface area contributed by atoms with E-state index in [1.165, 1.54) is 0 Å². The molecule has 0 spiro atoms. The lowest BCUT2D eigenvalue weighted by atomic mass is 9.79. The van der Waals surface area contributed by atoms with Gasteiger partial charge in [0.15, 0.2) is 5.82 Å². The van der Waals surface area contributed by atoms with Gasteiger partial charge in [-0.15, -0.1) is 0 Å². The van der Waals surface area contributed by atoms with Crippen LogP contribution < -0.4 is 5.73 Å². The van der Waals surface area contributed by atoms with Crippen molar-refractivity contribution in [3.63, 3.8) is 0 Å². The van der Waals surface area contributed by atoms with E-state index < -0.39 is 0 Å². The first-order valence-corrected chi connectivity index (χ1v) is 6.77. The lowest BCUT2D eigenvalue weighted by Gasteiger charge is -2.37. The van der Waals surface area contributed by atoms with E-state index in [9.17, 15) is 0 Å². The van der Waals surface area contributed by atoms with E-state index in [4.69, 9.17) is 15.2 Å². The molecule has 0 saturated heterocycles. The van der Waals surface area contributed by atoms with Gasteiger partial charge in [0.25, 0.3) is 0 Å². The van der Waals surface area contributed by atoms with Gasteiger partial charge in [-0.3, -0.25) is 0 Å². The van der Waals surface area contributed by atoms with E-state index in [-0.39, 0.29) is 5.60 Å². The molecule has 2 N–H and O–H groups in total. The fraction of sp³-hybridized carbons (Fsp3) is 0.714. The molecule has 0 amide bonds. The first kappa shape index (κ1) is 14.2. The molecule has 1 heterocycles. The summed E-state index contributed by atoms with van der Waals surface area (Å²) >= 11 is 0. The maximum absolute atomic E-state index is 5.88. The largest absolute Gasteiger partial charge is 0.384 e. The highest BCUT2D eigenvalue weighted by Crippen LogP contribution is 2.40. The number of nitrogen functional groups attached to an aromatic ring is 1. The van der Waals surface area contributed by atoms with Gasteiger partial charge in [0.2, 0.25) is 0 Å². The number of hydrogen-bond donors (Lipinski definition) is 1. The molecule has 1 saturated carbocycles. The number of aromatic nitrogens is 2. The number of nitrogens with zero attached hydrogens (tertiary/aromatic N) is 2. The maximum Gasteiger partial charge on any atom is 0.162 e. The first-order chi connectivity index (χ1) is 9.09. The second-order valence-corrected chi connectivity index (χ2v) is 5.42. The fourth-order valence-corrected chi connectivity index (χ4v) is 2.69. The molecule has 0 atom stereocenters. The van der Waals surface area contributed by atoms with Gasteiger partial charge in [-0.25, -0.2) is 9.97 Å². The maximum atomic E-state index is 5.88. The summed E-state index contributed by atoms with van der Waals surface area (Å²) in [6.45, 7) is 2.71. The average Bonchev–Trinajstić information content (AvgIpc) is 2.40. The second-order valence-electron chi connectivity index (χ2n) is 5.42. The predicted octanol–water partition coefficient (Wildman–Crippen LogP) is 2.26. The Hall–Kier alpha value is -1.20. The summed E-state index contributed by atoms with van der Waals surface area (Å²) in [7, 11) is 3.38. The molecular formula is C14H23N3O2. The van der Waals surface area contributed by atoms with Crippen LogP contribution in [-0.2, 0) is 21.7 Å². The fourth-order valence-electron chi connectivity index (χ4n) is 2.69. The number of hydrogen-bond acceptors (Lipinski definition) is 5. The SMILES string of the molecule is COCc1cc(N)nc(C2(OC)CCC(C)CC2)n1. The van der Waals surface area contributed by atoms with Gasteiger partial charge in [0.05, 0.1) is 12.3 Å². The van der Waals surface area contributed by atoms with Crippen LogP contribution in [0.4, 0.5) is 5.82 Å². The number of ether oxygens (including phenoxy) is 2. The van der Waals surface area contributed by atoms with Crippen LogP contribution in [0.3, 0.4) is 0 Å². The minimum Gasteiger partial charge on any atom is -0.384 e. The van der Waals surface area contributed by atoms with Crippen molar-refractivity contribution >= 4 is 5.82 Å². The van der Waals surface area contributed by atoms with Crippen molar-refractivity contribution in [3.8, 4) is 0 Å². The third-order valence-corrected chi connectivity index (χ3v) is 3.97. The zero-order chi connectivity index (χ0) is 13.9. The lowest BCUT2D eigenvalue weighted by molar-refractivity contribution is -0.0599. The van der Waals surface area contributed by atoms with Crippen LogP contribution in [0.1, 0.15) is 44.1 Å². The Bertz CT molecular complexity index is 429. The average molecular weight is 265 g/mol. The smallest absolute Gasteiger partial charge is 0.162 e. The standard InChI is InChI=1S/C14H23N3O2/c1-10-4-6-14(19-3,7-5-10)13-16-11(9-18-2)8-12(15)17-13/h8,10H,4-7,9H2,1-3H3,(H2,15,16,17). The third-order valence-electron chi connectivity index (χ3n) is 3.97. The van der Waals surface area contributed by atoms with E-state index in [0.717, 1.165) is 37.3 Å². The van der Waals surface area contributed by atoms with Crippen molar-refractivity contribution in [1.29, 1.82) is 0 Å². The van der Waals surface area contributed by atoms with Gasteiger partial charge in [-0.1, -0.05) is 6.92 Å². The summed E-state index contributed by atoms with van der Waals surface area (Å²) in [5, 5.41) is 0. The lowest BCUT2D eigenvalue weighted by Crippen LogP contribution is -2.35. The van der Waals surface area contributed by atoms with Crippen LogP contribution >= 0.6 is 0 Å². The van der Waals surface area contributed by atoms with E-state index in [0.29, 0.717) is 18.2 Å². The minimum absolute atomic E-state index is 0.385. The highest BCUT2D eigenvalue weighted by atomic mass is 16.5. The van der Waals surface area contributed by atoms with Gasteiger partial charge < -0.3 is 15.2 Å². The highest BCUT2D eigenvalue weighted by Gasteiger charge is 2.38. The number of rotatable bonds is 4. The van der Waals surface area contributed by atoms with Crippen molar-refractivity contribution < 1.29 is 9.47 Å². The molecule has 2 rings (SSSR count). The molecular weight excluding hydrogens is 242 g/mol. The molecule has 0 bridgehead atoms. The molecule has 1 aromatic rings. The van der Waals surface area contributed by atoms with Crippen LogP contribution in [0.2, 0.25) is 0 Å². The topological polar surface area (TPSA) is 70.3 Å². The van der Waals surface area contributed by atoms with E-state index in [1.54, 1.807) is 20.3 Å². The van der Waals surface area contributed by atoms with Crippen LogP contribution in [0.25, 0.3) is 0 Å².